The van der Waals surface area contributed by atoms with E-state index in [1.165, 1.54) is 0 Å². The molecular formula is C19H27N3O3S. The smallest absolute Gasteiger partial charge is 0.245 e. The van der Waals surface area contributed by atoms with Gasteiger partial charge >= 0.3 is 0 Å². The number of nitrogens with zero attached hydrogens (tertiary/aromatic N) is 2. The second-order valence-electron chi connectivity index (χ2n) is 7.42. The van der Waals surface area contributed by atoms with Crippen molar-refractivity contribution < 1.29 is 14.4 Å². The Kier molecular flexibility index (Phi) is 5.96. The zero-order chi connectivity index (χ0) is 18.7. The van der Waals surface area contributed by atoms with Gasteiger partial charge in [0.05, 0.1) is 6.54 Å². The molecule has 1 N–H and O–H groups in total. The SMILES string of the molecule is CC(C)NC(=O)C1CCN(C(=O)C2CCC(=O)N2Cc2cccs2)CC1. The summed E-state index contributed by atoms with van der Waals surface area (Å²) >= 11 is 1.61. The maximum atomic E-state index is 13.0. The molecule has 3 rings (SSSR count). The van der Waals surface area contributed by atoms with Gasteiger partial charge in [-0.2, -0.15) is 0 Å². The van der Waals surface area contributed by atoms with Gasteiger partial charge in [0, 0.05) is 36.3 Å². The number of hydrogen-bond acceptors (Lipinski definition) is 4. The maximum Gasteiger partial charge on any atom is 0.245 e. The first-order valence-corrected chi connectivity index (χ1v) is 10.2. The van der Waals surface area contributed by atoms with Crippen LogP contribution >= 0.6 is 11.3 Å². The van der Waals surface area contributed by atoms with Gasteiger partial charge in [0.2, 0.25) is 17.7 Å². The van der Waals surface area contributed by atoms with Crippen LogP contribution in [-0.4, -0.2) is 52.7 Å². The molecule has 1 aromatic rings. The summed E-state index contributed by atoms with van der Waals surface area (Å²) in [6.45, 7) is 5.60. The number of carbonyl (C=O) groups excluding carboxylic acids is 3. The lowest BCUT2D eigenvalue weighted by molar-refractivity contribution is -0.143. The molecule has 0 radical (unpaired) electrons. The molecule has 0 bridgehead atoms. The van der Waals surface area contributed by atoms with E-state index in [4.69, 9.17) is 0 Å². The average molecular weight is 378 g/mol. The number of carbonyl (C=O) groups is 3. The third-order valence-corrected chi connectivity index (χ3v) is 5.99. The molecule has 2 aliphatic heterocycles. The van der Waals surface area contributed by atoms with Crippen molar-refractivity contribution in [3.8, 4) is 0 Å². The van der Waals surface area contributed by atoms with Crippen LogP contribution in [0.15, 0.2) is 17.5 Å². The lowest BCUT2D eigenvalue weighted by atomic mass is 9.95. The number of likely N-dealkylation sites (tertiary alicyclic amines) is 2. The lowest BCUT2D eigenvalue weighted by Gasteiger charge is -2.35. The predicted octanol–water partition coefficient (Wildman–Crippen LogP) is 2.00. The highest BCUT2D eigenvalue weighted by molar-refractivity contribution is 7.09. The van der Waals surface area contributed by atoms with E-state index >= 15 is 0 Å². The zero-order valence-electron chi connectivity index (χ0n) is 15.4. The molecule has 3 amide bonds. The van der Waals surface area contributed by atoms with Crippen molar-refractivity contribution in [3.05, 3.63) is 22.4 Å². The van der Waals surface area contributed by atoms with Crippen molar-refractivity contribution in [3.63, 3.8) is 0 Å². The first-order valence-electron chi connectivity index (χ1n) is 9.36. The van der Waals surface area contributed by atoms with Crippen LogP contribution in [0, 0.1) is 5.92 Å². The van der Waals surface area contributed by atoms with E-state index in [0.29, 0.717) is 45.3 Å². The maximum absolute atomic E-state index is 13.0. The highest BCUT2D eigenvalue weighted by Crippen LogP contribution is 2.26. The largest absolute Gasteiger partial charge is 0.354 e. The lowest BCUT2D eigenvalue weighted by Crippen LogP contribution is -2.50. The van der Waals surface area contributed by atoms with Gasteiger partial charge in [-0.3, -0.25) is 14.4 Å². The molecule has 3 heterocycles. The van der Waals surface area contributed by atoms with Gasteiger partial charge in [-0.1, -0.05) is 6.07 Å². The molecule has 2 fully saturated rings. The summed E-state index contributed by atoms with van der Waals surface area (Å²) in [5.74, 6) is 0.161. The summed E-state index contributed by atoms with van der Waals surface area (Å²) in [5, 5.41) is 4.94. The van der Waals surface area contributed by atoms with E-state index in [2.05, 4.69) is 5.32 Å². The van der Waals surface area contributed by atoms with Crippen molar-refractivity contribution in [1.82, 2.24) is 15.1 Å². The van der Waals surface area contributed by atoms with E-state index in [9.17, 15) is 14.4 Å². The van der Waals surface area contributed by atoms with Crippen molar-refractivity contribution >= 4 is 29.1 Å². The van der Waals surface area contributed by atoms with Crippen LogP contribution < -0.4 is 5.32 Å². The van der Waals surface area contributed by atoms with Gasteiger partial charge in [-0.15, -0.1) is 11.3 Å². The molecule has 0 saturated carbocycles. The minimum absolute atomic E-state index is 0.0196. The molecular weight excluding hydrogens is 350 g/mol. The van der Waals surface area contributed by atoms with Crippen LogP contribution in [0.1, 0.15) is 44.4 Å². The Labute approximate surface area is 158 Å². The monoisotopic (exact) mass is 377 g/mol. The van der Waals surface area contributed by atoms with Crippen LogP contribution in [0.5, 0.6) is 0 Å². The Hall–Kier alpha value is -1.89. The van der Waals surface area contributed by atoms with Crippen LogP contribution in [0.2, 0.25) is 0 Å². The van der Waals surface area contributed by atoms with Gasteiger partial charge in [0.1, 0.15) is 6.04 Å². The van der Waals surface area contributed by atoms with Crippen LogP contribution in [0.3, 0.4) is 0 Å². The Balaban J connectivity index is 1.57. The van der Waals surface area contributed by atoms with E-state index in [-0.39, 0.29) is 35.7 Å². The van der Waals surface area contributed by atoms with Crippen LogP contribution in [0.25, 0.3) is 0 Å². The van der Waals surface area contributed by atoms with Crippen molar-refractivity contribution in [2.45, 2.75) is 58.2 Å². The molecule has 0 aliphatic carbocycles. The molecule has 26 heavy (non-hydrogen) atoms. The normalized spacial score (nSPS) is 21.5. The van der Waals surface area contributed by atoms with E-state index < -0.39 is 0 Å². The van der Waals surface area contributed by atoms with E-state index in [0.717, 1.165) is 4.88 Å². The van der Waals surface area contributed by atoms with Crippen LogP contribution in [0.4, 0.5) is 0 Å². The Morgan fingerprint density at radius 3 is 2.62 bits per heavy atom. The Morgan fingerprint density at radius 2 is 2.00 bits per heavy atom. The summed E-state index contributed by atoms with van der Waals surface area (Å²) in [5.41, 5.74) is 0. The second-order valence-corrected chi connectivity index (χ2v) is 8.45. The number of nitrogens with one attached hydrogen (secondary N) is 1. The number of thiophene rings is 1. The number of hydrogen-bond donors (Lipinski definition) is 1. The Bertz CT molecular complexity index is 651. The van der Waals surface area contributed by atoms with E-state index in [1.54, 1.807) is 16.2 Å². The fraction of sp³-hybridized carbons (Fsp3) is 0.632. The standard InChI is InChI=1S/C19H27N3O3S/c1-13(2)20-18(24)14-7-9-21(10-8-14)19(25)16-5-6-17(23)22(16)12-15-4-3-11-26-15/h3-4,11,13-14,16H,5-10,12H2,1-2H3,(H,20,24). The molecule has 1 atom stereocenters. The molecule has 0 aromatic carbocycles. The molecule has 2 saturated heterocycles. The second kappa shape index (κ2) is 8.20. The molecule has 1 unspecified atom stereocenters. The predicted molar refractivity (Wildman–Crippen MR) is 100 cm³/mol. The van der Waals surface area contributed by atoms with Gasteiger partial charge in [-0.05, 0) is 44.6 Å². The quantitative estimate of drug-likeness (QED) is 0.853. The number of amides is 3. The average Bonchev–Trinajstić information content (AvgIpc) is 3.25. The van der Waals surface area contributed by atoms with Gasteiger partial charge < -0.3 is 15.1 Å². The van der Waals surface area contributed by atoms with Gasteiger partial charge in [0.15, 0.2) is 0 Å². The fourth-order valence-corrected chi connectivity index (χ4v) is 4.44. The first kappa shape index (κ1) is 18.9. The van der Waals surface area contributed by atoms with Crippen molar-refractivity contribution in [2.24, 2.45) is 5.92 Å². The summed E-state index contributed by atoms with van der Waals surface area (Å²) < 4.78 is 0. The third-order valence-electron chi connectivity index (χ3n) is 5.13. The molecule has 6 nitrogen and oxygen atoms in total. The highest BCUT2D eigenvalue weighted by atomic mass is 32.1. The molecule has 7 heteroatoms. The Morgan fingerprint density at radius 1 is 1.27 bits per heavy atom. The summed E-state index contributed by atoms with van der Waals surface area (Å²) in [4.78, 5) is 42.0. The van der Waals surface area contributed by atoms with Crippen molar-refractivity contribution in [2.75, 3.05) is 13.1 Å². The molecule has 0 spiro atoms. The highest BCUT2D eigenvalue weighted by Gasteiger charge is 2.39. The van der Waals surface area contributed by atoms with Gasteiger partial charge in [-0.25, -0.2) is 0 Å². The fourth-order valence-electron chi connectivity index (χ4n) is 3.73. The van der Waals surface area contributed by atoms with Crippen molar-refractivity contribution in [1.29, 1.82) is 0 Å². The third kappa shape index (κ3) is 4.26. The minimum atomic E-state index is -0.356. The molecule has 2 aliphatic rings. The molecule has 1 aromatic heterocycles. The summed E-state index contributed by atoms with van der Waals surface area (Å²) in [6.07, 6.45) is 2.41. The minimum Gasteiger partial charge on any atom is -0.354 e. The zero-order valence-corrected chi connectivity index (χ0v) is 16.3. The molecule has 142 valence electrons. The topological polar surface area (TPSA) is 69.7 Å². The van der Waals surface area contributed by atoms with Gasteiger partial charge in [0.25, 0.3) is 0 Å². The number of rotatable bonds is 5. The van der Waals surface area contributed by atoms with E-state index in [1.807, 2.05) is 36.3 Å². The van der Waals surface area contributed by atoms with Crippen LogP contribution in [-0.2, 0) is 20.9 Å². The summed E-state index contributed by atoms with van der Waals surface area (Å²) in [6, 6.07) is 3.74. The first-order chi connectivity index (χ1) is 12.5. The summed E-state index contributed by atoms with van der Waals surface area (Å²) in [7, 11) is 0. The number of piperidine rings is 1.